The number of ether oxygens (including phenoxy) is 2. The number of thioether (sulfide) groups is 2. The Kier molecular flexibility index (Phi) is 11.9. The van der Waals surface area contributed by atoms with Crippen molar-refractivity contribution in [3.05, 3.63) is 18.2 Å². The SMILES string of the molecule is COc1ncnc2c(C3OC(COP(=O)(OCCSC(=O)C(C)(C)C)OCCSC(=O)C(C)(C)C)C(O)C3(C)O)coc12. The summed E-state index contributed by atoms with van der Waals surface area (Å²) in [5.74, 6) is 0.583. The van der Waals surface area contributed by atoms with Gasteiger partial charge in [-0.05, 0) is 6.92 Å². The smallest absolute Gasteiger partial charge is 0.474 e. The Morgan fingerprint density at radius 2 is 1.58 bits per heavy atom. The van der Waals surface area contributed by atoms with Crippen molar-refractivity contribution in [1.29, 1.82) is 0 Å². The third-order valence-electron chi connectivity index (χ3n) is 6.37. The van der Waals surface area contributed by atoms with E-state index in [0.717, 1.165) is 23.5 Å². The van der Waals surface area contributed by atoms with E-state index in [1.54, 1.807) is 41.5 Å². The lowest BCUT2D eigenvalue weighted by atomic mass is 9.89. The zero-order valence-corrected chi connectivity index (χ0v) is 28.2. The number of carbonyl (C=O) groups is 2. The van der Waals surface area contributed by atoms with E-state index in [9.17, 15) is 24.4 Å². The van der Waals surface area contributed by atoms with Crippen LogP contribution in [-0.4, -0.2) is 86.7 Å². The minimum atomic E-state index is -4.25. The summed E-state index contributed by atoms with van der Waals surface area (Å²) in [4.78, 5) is 32.7. The summed E-state index contributed by atoms with van der Waals surface area (Å²) in [5, 5.41) is 22.1. The maximum absolute atomic E-state index is 13.6. The molecule has 16 heteroatoms. The number of phosphoric ester groups is 1. The molecule has 0 radical (unpaired) electrons. The molecule has 1 saturated heterocycles. The molecule has 2 N–H and O–H groups in total. The molecule has 0 aromatic carbocycles. The maximum Gasteiger partial charge on any atom is 0.474 e. The van der Waals surface area contributed by atoms with Crippen LogP contribution in [0, 0.1) is 10.8 Å². The second-order valence-corrected chi connectivity index (χ2v) is 16.0. The third-order valence-corrected chi connectivity index (χ3v) is 10.3. The largest absolute Gasteiger partial charge is 0.478 e. The summed E-state index contributed by atoms with van der Waals surface area (Å²) in [7, 11) is -2.82. The Morgan fingerprint density at radius 1 is 1.02 bits per heavy atom. The maximum atomic E-state index is 13.6. The highest BCUT2D eigenvalue weighted by molar-refractivity contribution is 8.14. The van der Waals surface area contributed by atoms with E-state index >= 15 is 0 Å². The van der Waals surface area contributed by atoms with Crippen molar-refractivity contribution < 1.29 is 51.8 Å². The van der Waals surface area contributed by atoms with E-state index in [1.165, 1.54) is 26.6 Å². The van der Waals surface area contributed by atoms with Gasteiger partial charge in [-0.25, -0.2) is 9.55 Å². The fraction of sp³-hybridized carbons (Fsp3) is 0.704. The molecule has 4 unspecified atom stereocenters. The molecular weight excluding hydrogens is 623 g/mol. The summed E-state index contributed by atoms with van der Waals surface area (Å²) in [5.41, 5.74) is -2.02. The van der Waals surface area contributed by atoms with Gasteiger partial charge in [-0.15, -0.1) is 0 Å². The van der Waals surface area contributed by atoms with Gasteiger partial charge in [0.05, 0.1) is 33.2 Å². The first-order valence-corrected chi connectivity index (χ1v) is 17.0. The molecule has 2 aromatic rings. The first kappa shape index (κ1) is 35.9. The standard InChI is InChI=1S/C27H41N2O11PS2/c1-25(2,3)23(31)42-11-9-37-41(34,38-10-12-43-24(32)26(4,5)6)39-14-17-20(30)27(7,33)21(40-17)16-13-36-19-18(16)28-15-29-22(19)35-8/h13,15,17,20-21,30,33H,9-12,14H2,1-8H3. The summed E-state index contributed by atoms with van der Waals surface area (Å²) >= 11 is 2.07. The lowest BCUT2D eigenvalue weighted by Crippen LogP contribution is -2.43. The van der Waals surface area contributed by atoms with Gasteiger partial charge in [0.2, 0.25) is 5.58 Å². The van der Waals surface area contributed by atoms with E-state index in [4.69, 9.17) is 27.5 Å². The average Bonchev–Trinajstić information content (AvgIpc) is 3.44. The van der Waals surface area contributed by atoms with Crippen molar-refractivity contribution in [3.8, 4) is 5.88 Å². The fourth-order valence-corrected chi connectivity index (χ4v) is 6.89. The van der Waals surface area contributed by atoms with Crippen LogP contribution in [0.25, 0.3) is 11.1 Å². The van der Waals surface area contributed by atoms with Crippen LogP contribution in [-0.2, 0) is 32.5 Å². The number of carbonyl (C=O) groups excluding carboxylic acids is 2. The van der Waals surface area contributed by atoms with Gasteiger partial charge in [-0.2, -0.15) is 4.98 Å². The number of aliphatic hydroxyl groups is 2. The van der Waals surface area contributed by atoms with Crippen LogP contribution in [0.1, 0.15) is 60.1 Å². The second-order valence-electron chi connectivity index (χ2n) is 12.2. The Morgan fingerprint density at radius 3 is 2.09 bits per heavy atom. The molecule has 1 aliphatic heterocycles. The van der Waals surface area contributed by atoms with Crippen LogP contribution < -0.4 is 4.74 Å². The molecule has 43 heavy (non-hydrogen) atoms. The minimum Gasteiger partial charge on any atom is -0.478 e. The number of rotatable bonds is 13. The lowest BCUT2D eigenvalue weighted by Gasteiger charge is -2.26. The number of nitrogens with zero attached hydrogens (tertiary/aromatic N) is 2. The summed E-state index contributed by atoms with van der Waals surface area (Å²) < 4.78 is 46.9. The van der Waals surface area contributed by atoms with Gasteiger partial charge < -0.3 is 24.1 Å². The van der Waals surface area contributed by atoms with Crippen molar-refractivity contribution in [3.63, 3.8) is 0 Å². The predicted molar refractivity (Wildman–Crippen MR) is 162 cm³/mol. The third kappa shape index (κ3) is 9.01. The van der Waals surface area contributed by atoms with Crippen molar-refractivity contribution in [2.75, 3.05) is 38.4 Å². The molecule has 1 fully saturated rings. The van der Waals surface area contributed by atoms with Gasteiger partial charge in [-0.3, -0.25) is 23.2 Å². The van der Waals surface area contributed by atoms with E-state index in [1.807, 2.05) is 0 Å². The van der Waals surface area contributed by atoms with Gasteiger partial charge >= 0.3 is 7.82 Å². The second kappa shape index (κ2) is 14.3. The van der Waals surface area contributed by atoms with E-state index in [-0.39, 0.29) is 46.4 Å². The molecule has 242 valence electrons. The Bertz CT molecular complexity index is 1280. The Balaban J connectivity index is 1.69. The molecule has 0 aliphatic carbocycles. The first-order chi connectivity index (χ1) is 19.9. The molecule has 0 spiro atoms. The molecule has 0 bridgehead atoms. The van der Waals surface area contributed by atoms with Crippen molar-refractivity contribution >= 4 is 52.7 Å². The molecule has 13 nitrogen and oxygen atoms in total. The van der Waals surface area contributed by atoms with Crippen molar-refractivity contribution in [2.45, 2.75) is 72.4 Å². The number of methoxy groups -OCH3 is 1. The Hall–Kier alpha value is -1.55. The van der Waals surface area contributed by atoms with Gasteiger partial charge in [0, 0.05) is 27.9 Å². The van der Waals surface area contributed by atoms with E-state index in [2.05, 4.69) is 9.97 Å². The number of aliphatic hydroxyl groups excluding tert-OH is 1. The molecule has 2 aromatic heterocycles. The fourth-order valence-electron chi connectivity index (χ4n) is 3.89. The molecule has 4 atom stereocenters. The monoisotopic (exact) mass is 664 g/mol. The van der Waals surface area contributed by atoms with Crippen LogP contribution in [0.5, 0.6) is 5.88 Å². The topological polar surface area (TPSA) is 177 Å². The van der Waals surface area contributed by atoms with Crippen LogP contribution in [0.3, 0.4) is 0 Å². The zero-order valence-electron chi connectivity index (χ0n) is 25.6. The number of hydrogen-bond acceptors (Lipinski definition) is 15. The van der Waals surface area contributed by atoms with Crippen LogP contribution >= 0.6 is 31.3 Å². The van der Waals surface area contributed by atoms with E-state index < -0.39 is 49.2 Å². The predicted octanol–water partition coefficient (Wildman–Crippen LogP) is 4.55. The molecule has 1 aliphatic rings. The first-order valence-electron chi connectivity index (χ1n) is 13.6. The van der Waals surface area contributed by atoms with Crippen molar-refractivity contribution in [2.24, 2.45) is 10.8 Å². The minimum absolute atomic E-state index is 0.0599. The van der Waals surface area contributed by atoms with Gasteiger partial charge in [0.1, 0.15) is 35.8 Å². The van der Waals surface area contributed by atoms with Gasteiger partial charge in [-0.1, -0.05) is 65.1 Å². The quantitative estimate of drug-likeness (QED) is 0.225. The normalized spacial score (nSPS) is 23.2. The molecule has 0 amide bonds. The van der Waals surface area contributed by atoms with Gasteiger partial charge in [0.25, 0.3) is 5.88 Å². The molecular formula is C27H41N2O11PS2. The molecule has 3 heterocycles. The number of fused-ring (bicyclic) bond motifs is 1. The summed E-state index contributed by atoms with van der Waals surface area (Å²) in [6, 6.07) is 0. The van der Waals surface area contributed by atoms with Crippen LogP contribution in [0.2, 0.25) is 0 Å². The molecule has 3 rings (SSSR count). The summed E-state index contributed by atoms with van der Waals surface area (Å²) in [6.07, 6.45) is -1.12. The average molecular weight is 665 g/mol. The van der Waals surface area contributed by atoms with Crippen LogP contribution in [0.15, 0.2) is 17.0 Å². The number of furan rings is 1. The van der Waals surface area contributed by atoms with Gasteiger partial charge in [0.15, 0.2) is 10.2 Å². The highest BCUT2D eigenvalue weighted by Crippen LogP contribution is 2.51. The highest BCUT2D eigenvalue weighted by atomic mass is 32.2. The number of aromatic nitrogens is 2. The summed E-state index contributed by atoms with van der Waals surface area (Å²) in [6.45, 7) is 11.4. The highest BCUT2D eigenvalue weighted by Gasteiger charge is 2.54. The Labute approximate surface area is 259 Å². The van der Waals surface area contributed by atoms with Crippen LogP contribution in [0.4, 0.5) is 0 Å². The zero-order chi connectivity index (χ0) is 32.2. The number of phosphoric acid groups is 1. The lowest BCUT2D eigenvalue weighted by molar-refractivity contribution is -0.118. The number of hydrogen-bond donors (Lipinski definition) is 2. The van der Waals surface area contributed by atoms with Crippen molar-refractivity contribution in [1.82, 2.24) is 9.97 Å². The van der Waals surface area contributed by atoms with E-state index in [0.29, 0.717) is 11.1 Å². The molecule has 0 saturated carbocycles.